The average molecular weight is 270 g/mol. The first-order valence-corrected chi connectivity index (χ1v) is 6.71. The molecule has 104 valence electrons. The summed E-state index contributed by atoms with van der Waals surface area (Å²) in [6, 6.07) is 10.6. The molecule has 6 heteroatoms. The van der Waals surface area contributed by atoms with E-state index in [1.165, 1.54) is 5.56 Å². The van der Waals surface area contributed by atoms with Gasteiger partial charge in [0.2, 0.25) is 5.96 Å². The second kappa shape index (κ2) is 5.75. The summed E-state index contributed by atoms with van der Waals surface area (Å²) < 4.78 is 1.88. The van der Waals surface area contributed by atoms with Crippen LogP contribution in [0.15, 0.2) is 47.7 Å². The van der Waals surface area contributed by atoms with E-state index in [-0.39, 0.29) is 0 Å². The van der Waals surface area contributed by atoms with Crippen LogP contribution in [0.1, 0.15) is 18.4 Å². The van der Waals surface area contributed by atoms with Crippen LogP contribution in [-0.4, -0.2) is 21.8 Å². The standard InChI is InChI=1S/C14H18N6/c15-19-14(17-12-6-7-12)18-13-8-16-20(10-13)9-11-4-2-1-3-5-11/h1-5,8,10,12H,6-7,9,15H2,(H2,17,18,19). The van der Waals surface area contributed by atoms with Gasteiger partial charge in [0.05, 0.1) is 24.5 Å². The molecule has 1 aromatic carbocycles. The summed E-state index contributed by atoms with van der Waals surface area (Å²) in [6.07, 6.45) is 5.98. The zero-order valence-electron chi connectivity index (χ0n) is 11.2. The van der Waals surface area contributed by atoms with E-state index in [4.69, 9.17) is 5.84 Å². The van der Waals surface area contributed by atoms with Crippen molar-refractivity contribution >= 4 is 11.6 Å². The number of hydrogen-bond donors (Lipinski definition) is 3. The Morgan fingerprint density at radius 3 is 2.85 bits per heavy atom. The van der Waals surface area contributed by atoms with Crippen molar-refractivity contribution in [1.29, 1.82) is 0 Å². The fourth-order valence-corrected chi connectivity index (χ4v) is 1.91. The lowest BCUT2D eigenvalue weighted by Gasteiger charge is -2.06. The quantitative estimate of drug-likeness (QED) is 0.339. The topological polar surface area (TPSA) is 80.3 Å². The van der Waals surface area contributed by atoms with Crippen LogP contribution in [0.5, 0.6) is 0 Å². The van der Waals surface area contributed by atoms with Gasteiger partial charge in [0, 0.05) is 6.20 Å². The minimum absolute atomic E-state index is 0.410. The minimum atomic E-state index is 0.410. The maximum atomic E-state index is 5.46. The molecule has 1 aliphatic rings. The fourth-order valence-electron chi connectivity index (χ4n) is 1.91. The Kier molecular flexibility index (Phi) is 3.64. The first-order valence-electron chi connectivity index (χ1n) is 6.71. The summed E-state index contributed by atoms with van der Waals surface area (Å²) in [5.74, 6) is 6.05. The second-order valence-corrected chi connectivity index (χ2v) is 4.89. The van der Waals surface area contributed by atoms with Gasteiger partial charge in [0.15, 0.2) is 0 Å². The molecule has 1 aromatic heterocycles. The molecular weight excluding hydrogens is 252 g/mol. The average Bonchev–Trinajstić information content (AvgIpc) is 3.19. The summed E-state index contributed by atoms with van der Waals surface area (Å²) in [7, 11) is 0. The van der Waals surface area contributed by atoms with E-state index < -0.39 is 0 Å². The van der Waals surface area contributed by atoms with Crippen molar-refractivity contribution in [1.82, 2.24) is 15.2 Å². The van der Waals surface area contributed by atoms with Crippen molar-refractivity contribution in [3.8, 4) is 0 Å². The van der Waals surface area contributed by atoms with Crippen LogP contribution in [0.4, 0.5) is 5.69 Å². The predicted octanol–water partition coefficient (Wildman–Crippen LogP) is 1.32. The maximum absolute atomic E-state index is 5.46. The molecular formula is C14H18N6. The number of nitrogens with one attached hydrogen (secondary N) is 2. The number of hydrogen-bond acceptors (Lipinski definition) is 3. The highest BCUT2D eigenvalue weighted by Gasteiger charge is 2.21. The van der Waals surface area contributed by atoms with Crippen molar-refractivity contribution in [3.05, 3.63) is 48.3 Å². The molecule has 0 saturated heterocycles. The van der Waals surface area contributed by atoms with Crippen LogP contribution >= 0.6 is 0 Å². The Morgan fingerprint density at radius 2 is 2.15 bits per heavy atom. The van der Waals surface area contributed by atoms with E-state index in [2.05, 4.69) is 33.0 Å². The molecule has 1 heterocycles. The first kappa shape index (κ1) is 12.7. The Balaban J connectivity index is 1.64. The molecule has 0 spiro atoms. The summed E-state index contributed by atoms with van der Waals surface area (Å²) in [5, 5.41) is 7.46. The highest BCUT2D eigenvalue weighted by Crippen LogP contribution is 2.23. The molecule has 1 saturated carbocycles. The number of benzene rings is 1. The van der Waals surface area contributed by atoms with Gasteiger partial charge >= 0.3 is 0 Å². The van der Waals surface area contributed by atoms with Gasteiger partial charge in [-0.25, -0.2) is 10.8 Å². The molecule has 6 nitrogen and oxygen atoms in total. The maximum Gasteiger partial charge on any atom is 0.210 e. The lowest BCUT2D eigenvalue weighted by atomic mass is 10.2. The van der Waals surface area contributed by atoms with Crippen molar-refractivity contribution in [2.24, 2.45) is 10.8 Å². The molecule has 0 radical (unpaired) electrons. The highest BCUT2D eigenvalue weighted by molar-refractivity contribution is 5.93. The smallest absolute Gasteiger partial charge is 0.210 e. The lowest BCUT2D eigenvalue weighted by molar-refractivity contribution is 0.687. The van der Waals surface area contributed by atoms with E-state index in [0.29, 0.717) is 12.0 Å². The Morgan fingerprint density at radius 1 is 1.35 bits per heavy atom. The van der Waals surface area contributed by atoms with Crippen LogP contribution in [0, 0.1) is 0 Å². The van der Waals surface area contributed by atoms with Gasteiger partial charge in [-0.2, -0.15) is 5.10 Å². The van der Waals surface area contributed by atoms with E-state index in [1.807, 2.05) is 29.1 Å². The monoisotopic (exact) mass is 270 g/mol. The van der Waals surface area contributed by atoms with Crippen LogP contribution in [0.2, 0.25) is 0 Å². The number of rotatable bonds is 4. The molecule has 1 aliphatic carbocycles. The number of nitrogens with zero attached hydrogens (tertiary/aromatic N) is 3. The molecule has 0 unspecified atom stereocenters. The van der Waals surface area contributed by atoms with Gasteiger partial charge < -0.3 is 5.32 Å². The fraction of sp³-hybridized carbons (Fsp3) is 0.286. The molecule has 1 fully saturated rings. The Bertz CT molecular complexity index is 585. The van der Waals surface area contributed by atoms with Crippen molar-refractivity contribution in [2.75, 3.05) is 5.32 Å². The normalized spacial score (nSPS) is 15.2. The number of aliphatic imine (C=N–C) groups is 1. The number of guanidine groups is 1. The summed E-state index contributed by atoms with van der Waals surface area (Å²) >= 11 is 0. The second-order valence-electron chi connectivity index (χ2n) is 4.89. The lowest BCUT2D eigenvalue weighted by Crippen LogP contribution is -2.36. The number of anilines is 1. The molecule has 20 heavy (non-hydrogen) atoms. The molecule has 3 rings (SSSR count). The van der Waals surface area contributed by atoms with Crippen LogP contribution in [0.3, 0.4) is 0 Å². The Labute approximate surface area is 117 Å². The van der Waals surface area contributed by atoms with Gasteiger partial charge in [-0.3, -0.25) is 10.1 Å². The third-order valence-electron chi connectivity index (χ3n) is 3.08. The molecule has 0 atom stereocenters. The number of hydrazine groups is 1. The number of nitrogens with two attached hydrogens (primary N) is 1. The molecule has 4 N–H and O–H groups in total. The van der Waals surface area contributed by atoms with Crippen molar-refractivity contribution in [3.63, 3.8) is 0 Å². The summed E-state index contributed by atoms with van der Waals surface area (Å²) in [4.78, 5) is 4.43. The molecule has 2 aromatic rings. The summed E-state index contributed by atoms with van der Waals surface area (Å²) in [6.45, 7) is 0.744. The highest BCUT2D eigenvalue weighted by atomic mass is 15.4. The zero-order valence-corrected chi connectivity index (χ0v) is 11.2. The van der Waals surface area contributed by atoms with Gasteiger partial charge in [-0.1, -0.05) is 30.3 Å². The molecule has 0 aliphatic heterocycles. The van der Waals surface area contributed by atoms with Crippen LogP contribution in [0.25, 0.3) is 0 Å². The minimum Gasteiger partial charge on any atom is -0.323 e. The van der Waals surface area contributed by atoms with Gasteiger partial charge in [-0.05, 0) is 18.4 Å². The van der Waals surface area contributed by atoms with Crippen LogP contribution in [-0.2, 0) is 6.54 Å². The first-order chi connectivity index (χ1) is 9.83. The van der Waals surface area contributed by atoms with E-state index in [0.717, 1.165) is 25.1 Å². The number of aromatic nitrogens is 2. The molecule has 0 amide bonds. The van der Waals surface area contributed by atoms with Crippen molar-refractivity contribution in [2.45, 2.75) is 25.4 Å². The third-order valence-corrected chi connectivity index (χ3v) is 3.08. The van der Waals surface area contributed by atoms with Gasteiger partial charge in [-0.15, -0.1) is 0 Å². The predicted molar refractivity (Wildman–Crippen MR) is 79.2 cm³/mol. The largest absolute Gasteiger partial charge is 0.323 e. The molecule has 0 bridgehead atoms. The SMILES string of the molecule is NNC(=NC1CC1)Nc1cnn(Cc2ccccc2)c1. The van der Waals surface area contributed by atoms with Crippen molar-refractivity contribution < 1.29 is 0 Å². The van der Waals surface area contributed by atoms with Gasteiger partial charge in [0.1, 0.15) is 0 Å². The van der Waals surface area contributed by atoms with E-state index >= 15 is 0 Å². The van der Waals surface area contributed by atoms with Gasteiger partial charge in [0.25, 0.3) is 0 Å². The van der Waals surface area contributed by atoms with Crippen LogP contribution < -0.4 is 16.6 Å². The zero-order chi connectivity index (χ0) is 13.8. The van der Waals surface area contributed by atoms with E-state index in [1.54, 1.807) is 6.20 Å². The third kappa shape index (κ3) is 3.36. The van der Waals surface area contributed by atoms with E-state index in [9.17, 15) is 0 Å². The Hall–Kier alpha value is -2.34. The summed E-state index contributed by atoms with van der Waals surface area (Å²) in [5.41, 5.74) is 4.67.